The third kappa shape index (κ3) is 4.03. The molecule has 7 nitrogen and oxygen atoms in total. The van der Waals surface area contributed by atoms with E-state index in [1.165, 1.54) is 0 Å². The van der Waals surface area contributed by atoms with Crippen LogP contribution >= 0.6 is 0 Å². The number of aromatic nitrogens is 1. The Kier molecular flexibility index (Phi) is 6.68. The van der Waals surface area contributed by atoms with Crippen LogP contribution in [0.5, 0.6) is 0 Å². The predicted molar refractivity (Wildman–Crippen MR) is 185 cm³/mol. The van der Waals surface area contributed by atoms with E-state index in [2.05, 4.69) is 74.3 Å². The molecule has 4 aliphatic heterocycles. The summed E-state index contributed by atoms with van der Waals surface area (Å²) in [6, 6.07) is 11.6. The van der Waals surface area contributed by atoms with Crippen molar-refractivity contribution in [1.82, 2.24) is 19.7 Å². The molecule has 2 aromatic carbocycles. The van der Waals surface area contributed by atoms with Crippen molar-refractivity contribution in [2.75, 3.05) is 25.0 Å². The topological polar surface area (TPSA) is 63.2 Å². The van der Waals surface area contributed by atoms with Crippen molar-refractivity contribution in [3.8, 4) is 11.1 Å². The standard InChI is InChI=1S/C36H37B2N5O2/c1-9-21(5)41-18-30-36(44)40(8)34-23(7)43(33-20(4)13-14-39-32(33)19(2)3)29-16-24-28(15-25(29)35(34)42(30)17-22(41)6)38(45)27-12-10-11-26(37)31(24)27/h9-16,19,22,30,45H,1,5,7,17-18H2,2-4,6,8H3. The monoisotopic (exact) mass is 593 g/mol. The molecular weight excluding hydrogens is 556 g/mol. The van der Waals surface area contributed by atoms with Crippen LogP contribution in [0.15, 0.2) is 85.5 Å². The zero-order valence-corrected chi connectivity index (χ0v) is 26.6. The Morgan fingerprint density at radius 3 is 2.62 bits per heavy atom. The summed E-state index contributed by atoms with van der Waals surface area (Å²) in [5.74, 6) is 0.140. The summed E-state index contributed by atoms with van der Waals surface area (Å²) in [6.07, 6.45) is 3.60. The van der Waals surface area contributed by atoms with E-state index in [1.807, 2.05) is 37.5 Å². The number of hydrogen-bond donors (Lipinski definition) is 1. The van der Waals surface area contributed by atoms with Gasteiger partial charge in [0.1, 0.15) is 13.9 Å². The lowest BCUT2D eigenvalue weighted by Gasteiger charge is -2.54. The van der Waals surface area contributed by atoms with Crippen LogP contribution in [-0.2, 0) is 4.79 Å². The fraction of sp³-hybridized carbons (Fsp3) is 0.278. The highest BCUT2D eigenvalue weighted by Gasteiger charge is 2.49. The first-order chi connectivity index (χ1) is 21.5. The van der Waals surface area contributed by atoms with Crippen molar-refractivity contribution in [2.45, 2.75) is 45.7 Å². The maximum absolute atomic E-state index is 14.2. The number of carbonyl (C=O) groups excluding carboxylic acids is 1. The average Bonchev–Trinajstić information content (AvgIpc) is 3.29. The lowest BCUT2D eigenvalue weighted by atomic mass is 9.58. The molecule has 7 rings (SSSR count). The van der Waals surface area contributed by atoms with E-state index >= 15 is 0 Å². The minimum atomic E-state index is -0.816. The second-order valence-corrected chi connectivity index (χ2v) is 12.9. The van der Waals surface area contributed by atoms with Crippen LogP contribution in [0.1, 0.15) is 43.5 Å². The van der Waals surface area contributed by atoms with Crippen molar-refractivity contribution in [2.24, 2.45) is 0 Å². The van der Waals surface area contributed by atoms with Crippen LogP contribution in [0.2, 0.25) is 0 Å². The number of anilines is 2. The summed E-state index contributed by atoms with van der Waals surface area (Å²) in [7, 11) is 8.38. The normalized spacial score (nSPS) is 20.3. The third-order valence-electron chi connectivity index (χ3n) is 9.93. The van der Waals surface area contributed by atoms with Crippen LogP contribution in [-0.4, -0.2) is 77.6 Å². The Morgan fingerprint density at radius 2 is 1.91 bits per heavy atom. The van der Waals surface area contributed by atoms with Crippen molar-refractivity contribution in [3.63, 3.8) is 0 Å². The summed E-state index contributed by atoms with van der Waals surface area (Å²) in [6.45, 7) is 21.6. The zero-order chi connectivity index (χ0) is 32.1. The van der Waals surface area contributed by atoms with Crippen LogP contribution in [0.3, 0.4) is 0 Å². The Hall–Kier alpha value is -4.49. The second-order valence-electron chi connectivity index (χ2n) is 12.9. The molecule has 2 radical (unpaired) electrons. The smallest absolute Gasteiger partial charge is 0.360 e. The van der Waals surface area contributed by atoms with Gasteiger partial charge < -0.3 is 24.6 Å². The van der Waals surface area contributed by atoms with Gasteiger partial charge in [-0.15, -0.1) is 0 Å². The first-order valence-corrected chi connectivity index (χ1v) is 15.5. The van der Waals surface area contributed by atoms with Crippen molar-refractivity contribution >= 4 is 54.1 Å². The molecule has 4 aliphatic rings. The number of likely N-dealkylation sites (N-methyl/N-ethyl adjacent to an activating group) is 1. The van der Waals surface area contributed by atoms with Gasteiger partial charge in [-0.1, -0.05) is 63.3 Å². The number of hydrogen-bond acceptors (Lipinski definition) is 6. The fourth-order valence-electron chi connectivity index (χ4n) is 7.70. The number of nitrogens with zero attached hydrogens (tertiary/aromatic N) is 5. The molecule has 1 fully saturated rings. The molecule has 0 spiro atoms. The number of allylic oxidation sites excluding steroid dienone is 1. The lowest BCUT2D eigenvalue weighted by molar-refractivity contribution is -0.136. The van der Waals surface area contributed by atoms with Gasteiger partial charge in [0.05, 0.1) is 34.2 Å². The summed E-state index contributed by atoms with van der Waals surface area (Å²) in [4.78, 5) is 27.3. The van der Waals surface area contributed by atoms with Gasteiger partial charge in [-0.25, -0.2) is 0 Å². The van der Waals surface area contributed by atoms with Crippen LogP contribution in [0, 0.1) is 6.92 Å². The summed E-state index contributed by atoms with van der Waals surface area (Å²) >= 11 is 0. The van der Waals surface area contributed by atoms with Crippen LogP contribution < -0.4 is 21.3 Å². The highest BCUT2D eigenvalue weighted by Crippen LogP contribution is 2.51. The van der Waals surface area contributed by atoms with E-state index in [4.69, 9.17) is 12.8 Å². The SMILES string of the molecule is [B]c1cccc2c1-c1cc3c(cc1B2O)C1=C(C(=C)N3c2c(C)ccnc2C(C)C)N(C)C(=O)C2CN(C(=C)C=C)C(C)CN12. The molecule has 1 aromatic heterocycles. The number of piperazine rings is 1. The van der Waals surface area contributed by atoms with E-state index in [0.717, 1.165) is 67.3 Å². The molecule has 1 N–H and O–H groups in total. The Balaban J connectivity index is 1.53. The number of pyridine rings is 1. The van der Waals surface area contributed by atoms with E-state index in [1.54, 1.807) is 11.0 Å². The lowest BCUT2D eigenvalue weighted by Crippen LogP contribution is -2.64. The van der Waals surface area contributed by atoms with Gasteiger partial charge in [-0.3, -0.25) is 9.78 Å². The predicted octanol–water partition coefficient (Wildman–Crippen LogP) is 3.27. The molecule has 1 saturated heterocycles. The number of rotatable bonds is 4. The fourth-order valence-corrected chi connectivity index (χ4v) is 7.70. The number of amides is 1. The van der Waals surface area contributed by atoms with E-state index in [-0.39, 0.29) is 17.9 Å². The van der Waals surface area contributed by atoms with Crippen molar-refractivity contribution in [3.05, 3.63) is 102 Å². The quantitative estimate of drug-likeness (QED) is 0.371. The van der Waals surface area contributed by atoms with E-state index < -0.39 is 13.0 Å². The van der Waals surface area contributed by atoms with Gasteiger partial charge in [0, 0.05) is 43.6 Å². The molecule has 0 bridgehead atoms. The molecule has 2 atom stereocenters. The summed E-state index contributed by atoms with van der Waals surface area (Å²) in [5, 5.41) is 11.6. The first-order valence-electron chi connectivity index (χ1n) is 15.5. The van der Waals surface area contributed by atoms with Crippen molar-refractivity contribution < 1.29 is 9.82 Å². The number of carbonyl (C=O) groups is 1. The zero-order valence-electron chi connectivity index (χ0n) is 26.6. The summed E-state index contributed by atoms with van der Waals surface area (Å²) in [5.41, 5.74) is 12.0. The first kappa shape index (κ1) is 29.2. The largest absolute Gasteiger partial charge is 0.443 e. The second kappa shape index (κ2) is 10.3. The molecule has 0 aliphatic carbocycles. The number of fused-ring (bicyclic) bond motifs is 7. The van der Waals surface area contributed by atoms with E-state index in [0.29, 0.717) is 24.2 Å². The molecule has 224 valence electrons. The molecule has 2 unspecified atom stereocenters. The van der Waals surface area contributed by atoms with Gasteiger partial charge in [0.15, 0.2) is 0 Å². The van der Waals surface area contributed by atoms with E-state index in [9.17, 15) is 9.82 Å². The minimum absolute atomic E-state index is 0.000396. The van der Waals surface area contributed by atoms with Gasteiger partial charge >= 0.3 is 6.92 Å². The maximum atomic E-state index is 14.2. The molecule has 0 saturated carbocycles. The minimum Gasteiger partial charge on any atom is -0.443 e. The van der Waals surface area contributed by atoms with Gasteiger partial charge in [0.2, 0.25) is 0 Å². The van der Waals surface area contributed by atoms with Gasteiger partial charge in [0.25, 0.3) is 5.91 Å². The molecule has 1 amide bonds. The van der Waals surface area contributed by atoms with Crippen LogP contribution in [0.4, 0.5) is 11.4 Å². The highest BCUT2D eigenvalue weighted by molar-refractivity contribution is 6.84. The summed E-state index contributed by atoms with van der Waals surface area (Å²) < 4.78 is 0. The van der Waals surface area contributed by atoms with Crippen LogP contribution in [0.25, 0.3) is 16.8 Å². The maximum Gasteiger partial charge on any atom is 0.360 e. The molecule has 5 heterocycles. The average molecular weight is 593 g/mol. The highest BCUT2D eigenvalue weighted by atomic mass is 16.2. The molecule has 9 heteroatoms. The molecule has 45 heavy (non-hydrogen) atoms. The number of benzene rings is 2. The Morgan fingerprint density at radius 1 is 1.16 bits per heavy atom. The molecular formula is C36H37B2N5O2. The molecule has 3 aromatic rings. The third-order valence-corrected chi connectivity index (χ3v) is 9.93. The number of aryl methyl sites for hydroxylation is 1. The van der Waals surface area contributed by atoms with Gasteiger partial charge in [-0.2, -0.15) is 0 Å². The Bertz CT molecular complexity index is 1880. The Labute approximate surface area is 267 Å². The van der Waals surface area contributed by atoms with Crippen molar-refractivity contribution in [1.29, 1.82) is 0 Å². The van der Waals surface area contributed by atoms with Gasteiger partial charge in [-0.05, 0) is 65.6 Å².